The number of likely N-dealkylation sites (tertiary alicyclic amines) is 1. The number of carboxylic acid groups (broad SMARTS) is 1. The van der Waals surface area contributed by atoms with Crippen molar-refractivity contribution in [1.82, 2.24) is 4.90 Å². The molecule has 0 aliphatic carbocycles. The molecule has 1 aliphatic rings. The van der Waals surface area contributed by atoms with E-state index in [1.807, 2.05) is 30.3 Å². The van der Waals surface area contributed by atoms with Gasteiger partial charge in [0.2, 0.25) is 0 Å². The molecule has 1 saturated heterocycles. The molecule has 1 heterocycles. The number of hydrogen-bond acceptors (Lipinski definition) is 2. The zero-order valence-electron chi connectivity index (χ0n) is 10.7. The van der Waals surface area contributed by atoms with Gasteiger partial charge in [0, 0.05) is 25.2 Å². The molecule has 0 saturated carbocycles. The third-order valence-electron chi connectivity index (χ3n) is 3.39. The summed E-state index contributed by atoms with van der Waals surface area (Å²) in [7, 11) is 0. The van der Waals surface area contributed by atoms with Crippen LogP contribution in [-0.4, -0.2) is 35.1 Å². The molecule has 0 bridgehead atoms. The number of hydrogen-bond donors (Lipinski definition) is 2. The molecule has 2 amide bonds. The van der Waals surface area contributed by atoms with Crippen LogP contribution in [0, 0.1) is 5.92 Å². The van der Waals surface area contributed by atoms with Crippen LogP contribution in [-0.2, 0) is 4.79 Å². The number of amides is 2. The molecule has 5 nitrogen and oxygen atoms in total. The minimum Gasteiger partial charge on any atom is -0.481 e. The van der Waals surface area contributed by atoms with Crippen LogP contribution in [0.5, 0.6) is 0 Å². The Morgan fingerprint density at radius 3 is 2.42 bits per heavy atom. The van der Waals surface area contributed by atoms with Crippen LogP contribution in [0.15, 0.2) is 30.3 Å². The number of rotatable bonds is 3. The Morgan fingerprint density at radius 2 is 1.84 bits per heavy atom. The average Bonchev–Trinajstić information content (AvgIpc) is 2.40. The van der Waals surface area contributed by atoms with Crippen molar-refractivity contribution in [2.45, 2.75) is 19.3 Å². The van der Waals surface area contributed by atoms with Gasteiger partial charge >= 0.3 is 12.0 Å². The van der Waals surface area contributed by atoms with Crippen molar-refractivity contribution in [3.05, 3.63) is 30.3 Å². The molecule has 1 aliphatic heterocycles. The summed E-state index contributed by atoms with van der Waals surface area (Å²) < 4.78 is 0. The molecule has 2 rings (SSSR count). The number of benzene rings is 1. The van der Waals surface area contributed by atoms with Crippen LogP contribution < -0.4 is 5.32 Å². The van der Waals surface area contributed by atoms with E-state index < -0.39 is 5.97 Å². The number of nitrogens with one attached hydrogen (secondary N) is 1. The fraction of sp³-hybridized carbons (Fsp3) is 0.429. The predicted octanol–water partition coefficient (Wildman–Crippen LogP) is 2.41. The standard InChI is InChI=1S/C14H18N2O3/c17-13(18)10-11-6-8-16(9-7-11)14(19)15-12-4-2-1-3-5-12/h1-5,11H,6-10H2,(H,15,19)(H,17,18). The molecule has 2 N–H and O–H groups in total. The number of urea groups is 1. The molecule has 102 valence electrons. The zero-order valence-corrected chi connectivity index (χ0v) is 10.7. The summed E-state index contributed by atoms with van der Waals surface area (Å²) in [6, 6.07) is 9.21. The second-order valence-electron chi connectivity index (χ2n) is 4.82. The summed E-state index contributed by atoms with van der Waals surface area (Å²) in [6.07, 6.45) is 1.72. The van der Waals surface area contributed by atoms with E-state index in [1.54, 1.807) is 4.90 Å². The topological polar surface area (TPSA) is 69.6 Å². The lowest BCUT2D eigenvalue weighted by atomic mass is 9.94. The first-order valence-corrected chi connectivity index (χ1v) is 6.48. The zero-order chi connectivity index (χ0) is 13.7. The fourth-order valence-electron chi connectivity index (χ4n) is 2.31. The lowest BCUT2D eigenvalue weighted by molar-refractivity contribution is -0.138. The van der Waals surface area contributed by atoms with E-state index in [1.165, 1.54) is 0 Å². The summed E-state index contributed by atoms with van der Waals surface area (Å²) in [5.74, 6) is -0.564. The van der Waals surface area contributed by atoms with E-state index in [-0.39, 0.29) is 18.4 Å². The van der Waals surface area contributed by atoms with Crippen molar-refractivity contribution >= 4 is 17.7 Å². The Labute approximate surface area is 112 Å². The molecule has 0 aromatic heterocycles. The van der Waals surface area contributed by atoms with Gasteiger partial charge in [0.25, 0.3) is 0 Å². The van der Waals surface area contributed by atoms with Gasteiger partial charge in [-0.1, -0.05) is 18.2 Å². The highest BCUT2D eigenvalue weighted by atomic mass is 16.4. The maximum atomic E-state index is 12.0. The highest BCUT2D eigenvalue weighted by molar-refractivity contribution is 5.89. The van der Waals surface area contributed by atoms with Gasteiger partial charge in [-0.05, 0) is 30.9 Å². The lowest BCUT2D eigenvalue weighted by Crippen LogP contribution is -2.41. The van der Waals surface area contributed by atoms with Crippen molar-refractivity contribution in [1.29, 1.82) is 0 Å². The van der Waals surface area contributed by atoms with Crippen LogP contribution in [0.1, 0.15) is 19.3 Å². The van der Waals surface area contributed by atoms with E-state index in [0.717, 1.165) is 18.5 Å². The van der Waals surface area contributed by atoms with E-state index in [9.17, 15) is 9.59 Å². The number of aliphatic carboxylic acids is 1. The largest absolute Gasteiger partial charge is 0.481 e. The summed E-state index contributed by atoms with van der Waals surface area (Å²) in [5.41, 5.74) is 0.778. The fourth-order valence-corrected chi connectivity index (χ4v) is 2.31. The summed E-state index contributed by atoms with van der Waals surface area (Å²) >= 11 is 0. The number of piperidine rings is 1. The van der Waals surface area contributed by atoms with Crippen molar-refractivity contribution in [3.63, 3.8) is 0 Å². The average molecular weight is 262 g/mol. The second kappa shape index (κ2) is 6.22. The Kier molecular flexibility index (Phi) is 4.39. The third-order valence-corrected chi connectivity index (χ3v) is 3.39. The third kappa shape index (κ3) is 3.98. The van der Waals surface area contributed by atoms with E-state index in [4.69, 9.17) is 5.11 Å². The molecule has 1 aromatic rings. The van der Waals surface area contributed by atoms with Gasteiger partial charge in [-0.2, -0.15) is 0 Å². The van der Waals surface area contributed by atoms with E-state index in [0.29, 0.717) is 13.1 Å². The molecule has 1 aromatic carbocycles. The van der Waals surface area contributed by atoms with Crippen molar-refractivity contribution < 1.29 is 14.7 Å². The second-order valence-corrected chi connectivity index (χ2v) is 4.82. The number of carboxylic acids is 1. The Bertz CT molecular complexity index is 439. The van der Waals surface area contributed by atoms with Crippen LogP contribution >= 0.6 is 0 Å². The van der Waals surface area contributed by atoms with Crippen molar-refractivity contribution in [2.24, 2.45) is 5.92 Å². The van der Waals surface area contributed by atoms with Gasteiger partial charge in [-0.3, -0.25) is 4.79 Å². The first kappa shape index (κ1) is 13.4. The maximum Gasteiger partial charge on any atom is 0.321 e. The van der Waals surface area contributed by atoms with Gasteiger partial charge in [0.05, 0.1) is 0 Å². The predicted molar refractivity (Wildman–Crippen MR) is 72.0 cm³/mol. The Balaban J connectivity index is 1.81. The molecule has 19 heavy (non-hydrogen) atoms. The molecule has 5 heteroatoms. The Hall–Kier alpha value is -2.04. The quantitative estimate of drug-likeness (QED) is 0.878. The minimum atomic E-state index is -0.757. The normalized spacial score (nSPS) is 16.1. The summed E-state index contributed by atoms with van der Waals surface area (Å²) in [4.78, 5) is 24.4. The molecule has 0 spiro atoms. The van der Waals surface area contributed by atoms with Gasteiger partial charge < -0.3 is 15.3 Å². The van der Waals surface area contributed by atoms with Gasteiger partial charge in [-0.15, -0.1) is 0 Å². The molecular formula is C14H18N2O3. The highest BCUT2D eigenvalue weighted by Crippen LogP contribution is 2.21. The van der Waals surface area contributed by atoms with Crippen LogP contribution in [0.2, 0.25) is 0 Å². The molecule has 0 unspecified atom stereocenters. The lowest BCUT2D eigenvalue weighted by Gasteiger charge is -2.31. The first-order valence-electron chi connectivity index (χ1n) is 6.48. The minimum absolute atomic E-state index is 0.111. The van der Waals surface area contributed by atoms with E-state index >= 15 is 0 Å². The van der Waals surface area contributed by atoms with Crippen LogP contribution in [0.25, 0.3) is 0 Å². The molecule has 0 radical (unpaired) electrons. The molecule has 1 fully saturated rings. The monoisotopic (exact) mass is 262 g/mol. The summed E-state index contributed by atoms with van der Waals surface area (Å²) in [6.45, 7) is 1.24. The summed E-state index contributed by atoms with van der Waals surface area (Å²) in [5, 5.41) is 11.6. The van der Waals surface area contributed by atoms with Gasteiger partial charge in [0.15, 0.2) is 0 Å². The van der Waals surface area contributed by atoms with Crippen molar-refractivity contribution in [3.8, 4) is 0 Å². The number of nitrogens with zero attached hydrogens (tertiary/aromatic N) is 1. The Morgan fingerprint density at radius 1 is 1.21 bits per heavy atom. The highest BCUT2D eigenvalue weighted by Gasteiger charge is 2.24. The molecule has 0 atom stereocenters. The number of carbonyl (C=O) groups is 2. The number of carbonyl (C=O) groups excluding carboxylic acids is 1. The molecular weight excluding hydrogens is 244 g/mol. The van der Waals surface area contributed by atoms with Crippen molar-refractivity contribution in [2.75, 3.05) is 18.4 Å². The first-order chi connectivity index (χ1) is 9.15. The SMILES string of the molecule is O=C(O)CC1CCN(C(=O)Nc2ccccc2)CC1. The number of anilines is 1. The van der Waals surface area contributed by atoms with Gasteiger partial charge in [-0.25, -0.2) is 4.79 Å². The number of para-hydroxylation sites is 1. The smallest absolute Gasteiger partial charge is 0.321 e. The van der Waals surface area contributed by atoms with Crippen LogP contribution in [0.4, 0.5) is 10.5 Å². The maximum absolute atomic E-state index is 12.0. The van der Waals surface area contributed by atoms with E-state index in [2.05, 4.69) is 5.32 Å². The van der Waals surface area contributed by atoms with Crippen LogP contribution in [0.3, 0.4) is 0 Å². The van der Waals surface area contributed by atoms with Gasteiger partial charge in [0.1, 0.15) is 0 Å².